The molecule has 0 bridgehead atoms. The van der Waals surface area contributed by atoms with Gasteiger partial charge in [0.25, 0.3) is 12.3 Å². The van der Waals surface area contributed by atoms with Crippen LogP contribution in [0.4, 0.5) is 19.4 Å². The van der Waals surface area contributed by atoms with Crippen molar-refractivity contribution in [2.24, 2.45) is 4.99 Å². The molecule has 1 saturated heterocycles. The zero-order valence-electron chi connectivity index (χ0n) is 19.4. The van der Waals surface area contributed by atoms with E-state index in [-0.39, 0.29) is 23.0 Å². The Hall–Kier alpha value is -3.64. The fourth-order valence-corrected chi connectivity index (χ4v) is 3.69. The van der Waals surface area contributed by atoms with Crippen LogP contribution in [0.3, 0.4) is 0 Å². The van der Waals surface area contributed by atoms with Gasteiger partial charge < -0.3 is 14.5 Å². The highest BCUT2D eigenvalue weighted by Crippen LogP contribution is 2.19. The molecule has 0 radical (unpaired) electrons. The molecular formula is C21H27F2N8O3+. The Kier molecular flexibility index (Phi) is 6.19. The second-order valence-electron chi connectivity index (χ2n) is 9.09. The molecule has 0 spiro atoms. The lowest BCUT2D eigenvalue weighted by molar-refractivity contribution is -0.553. The van der Waals surface area contributed by atoms with Gasteiger partial charge in [-0.1, -0.05) is 0 Å². The second kappa shape index (κ2) is 8.95. The maximum Gasteiger partial charge on any atom is 0.410 e. The molecule has 2 aliphatic heterocycles. The van der Waals surface area contributed by atoms with Crippen molar-refractivity contribution in [3.63, 3.8) is 0 Å². The van der Waals surface area contributed by atoms with Crippen molar-refractivity contribution in [2.45, 2.75) is 38.8 Å². The Morgan fingerprint density at radius 3 is 2.62 bits per heavy atom. The summed E-state index contributed by atoms with van der Waals surface area (Å²) in [6.45, 7) is 7.46. The van der Waals surface area contributed by atoms with Gasteiger partial charge in [-0.3, -0.25) is 4.79 Å². The largest absolute Gasteiger partial charge is 0.444 e. The number of piperazine rings is 1. The quantitative estimate of drug-likeness (QED) is 0.663. The smallest absolute Gasteiger partial charge is 0.410 e. The predicted molar refractivity (Wildman–Crippen MR) is 120 cm³/mol. The van der Waals surface area contributed by atoms with E-state index in [2.05, 4.69) is 20.5 Å². The van der Waals surface area contributed by atoms with Crippen LogP contribution in [0, 0.1) is 0 Å². The number of alkyl halides is 2. The van der Waals surface area contributed by atoms with E-state index in [4.69, 9.17) is 4.74 Å². The fraction of sp³-hybridized carbons (Fsp3) is 0.524. The number of nitrogens with zero attached hydrogens (tertiary/aromatic N) is 7. The van der Waals surface area contributed by atoms with E-state index in [1.54, 1.807) is 24.2 Å². The van der Waals surface area contributed by atoms with Gasteiger partial charge in [-0.2, -0.15) is 10.5 Å². The highest BCUT2D eigenvalue weighted by molar-refractivity contribution is 6.35. The summed E-state index contributed by atoms with van der Waals surface area (Å²) in [6, 6.07) is 0.403. The first-order valence-corrected chi connectivity index (χ1v) is 10.8. The SMILES string of the molecule is C[N+]1=CC(=NC(=O)c2cnn3ccc(N4CCN(C(=O)OC(C)(C)C)CC4)nc23)C(C(F)F)N1. The molecule has 1 unspecified atom stereocenters. The van der Waals surface area contributed by atoms with Crippen LogP contribution in [0.2, 0.25) is 0 Å². The van der Waals surface area contributed by atoms with Crippen molar-refractivity contribution >= 4 is 35.4 Å². The normalized spacial score (nSPS) is 20.1. The van der Waals surface area contributed by atoms with Crippen molar-refractivity contribution in [3.8, 4) is 0 Å². The number of carbonyl (C=O) groups excluding carboxylic acids is 2. The number of halogens is 2. The second-order valence-corrected chi connectivity index (χ2v) is 9.09. The van der Waals surface area contributed by atoms with E-state index >= 15 is 0 Å². The van der Waals surface area contributed by atoms with Crippen molar-refractivity contribution in [3.05, 3.63) is 24.0 Å². The van der Waals surface area contributed by atoms with Crippen LogP contribution in [0.1, 0.15) is 31.1 Å². The highest BCUT2D eigenvalue weighted by Gasteiger charge is 2.36. The van der Waals surface area contributed by atoms with Gasteiger partial charge in [-0.05, 0) is 26.8 Å². The van der Waals surface area contributed by atoms with Crippen LogP contribution >= 0.6 is 0 Å². The molecule has 34 heavy (non-hydrogen) atoms. The van der Waals surface area contributed by atoms with Gasteiger partial charge in [-0.15, -0.1) is 4.68 Å². The molecule has 13 heteroatoms. The molecule has 0 aromatic carbocycles. The number of carbonyl (C=O) groups is 2. The maximum absolute atomic E-state index is 13.3. The summed E-state index contributed by atoms with van der Waals surface area (Å²) in [5.74, 6) is -0.0961. The molecule has 2 aromatic heterocycles. The molecule has 182 valence electrons. The molecule has 1 N–H and O–H groups in total. The first-order chi connectivity index (χ1) is 16.0. The molecule has 2 amide bonds. The number of ether oxygens (including phenoxy) is 1. The number of nitrogens with one attached hydrogen (secondary N) is 1. The lowest BCUT2D eigenvalue weighted by Gasteiger charge is -2.36. The third-order valence-electron chi connectivity index (χ3n) is 5.31. The molecule has 1 atom stereocenters. The van der Waals surface area contributed by atoms with Crippen LogP contribution in [-0.2, 0) is 4.74 Å². The summed E-state index contributed by atoms with van der Waals surface area (Å²) in [7, 11) is 1.55. The van der Waals surface area contributed by atoms with Crippen LogP contribution in [-0.4, -0.2) is 99.4 Å². The minimum atomic E-state index is -2.72. The average molecular weight is 477 g/mol. The maximum atomic E-state index is 13.3. The Morgan fingerprint density at radius 1 is 1.26 bits per heavy atom. The zero-order chi connectivity index (χ0) is 24.6. The standard InChI is InChI=1S/C21H26F2N8O3/c1-21(2,3)34-20(33)30-9-7-29(8-10-30)15-5-6-31-18(26-15)13(11-24-31)19(32)25-14-12-28(4)27-16(14)17(22)23/h5-6,11-12,16-17H,7-10H2,1-4H3/p+1. The van der Waals surface area contributed by atoms with Crippen molar-refractivity contribution < 1.29 is 27.8 Å². The number of aromatic nitrogens is 3. The number of hydrazone groups is 1. The topological polar surface area (TPSA) is 107 Å². The van der Waals surface area contributed by atoms with E-state index in [9.17, 15) is 18.4 Å². The molecule has 0 aliphatic carbocycles. The van der Waals surface area contributed by atoms with Crippen molar-refractivity contribution in [1.29, 1.82) is 0 Å². The fourth-order valence-electron chi connectivity index (χ4n) is 3.69. The number of rotatable bonds is 3. The van der Waals surface area contributed by atoms with Gasteiger partial charge in [0.1, 0.15) is 22.7 Å². The summed E-state index contributed by atoms with van der Waals surface area (Å²) >= 11 is 0. The first kappa shape index (κ1) is 23.5. The monoisotopic (exact) mass is 477 g/mol. The first-order valence-electron chi connectivity index (χ1n) is 10.8. The van der Waals surface area contributed by atoms with Gasteiger partial charge >= 0.3 is 6.09 Å². The zero-order valence-corrected chi connectivity index (χ0v) is 19.4. The van der Waals surface area contributed by atoms with Crippen LogP contribution < -0.4 is 10.3 Å². The number of aliphatic imine (C=N–C) groups is 1. The van der Waals surface area contributed by atoms with E-state index in [0.29, 0.717) is 32.0 Å². The molecular weight excluding hydrogens is 450 g/mol. The lowest BCUT2D eigenvalue weighted by atomic mass is 10.2. The van der Waals surface area contributed by atoms with Gasteiger partial charge in [-0.25, -0.2) is 28.1 Å². The van der Waals surface area contributed by atoms with Crippen LogP contribution in [0.15, 0.2) is 23.5 Å². The number of fused-ring (bicyclic) bond motifs is 1. The van der Waals surface area contributed by atoms with E-state index in [1.807, 2.05) is 25.7 Å². The Morgan fingerprint density at radius 2 is 1.97 bits per heavy atom. The molecule has 2 aromatic rings. The molecule has 11 nitrogen and oxygen atoms in total. The number of hydrogen-bond acceptors (Lipinski definition) is 7. The van der Waals surface area contributed by atoms with Gasteiger partial charge in [0.2, 0.25) is 6.21 Å². The minimum absolute atomic E-state index is 0.0590. The molecule has 4 heterocycles. The Labute approximate surface area is 194 Å². The van der Waals surface area contributed by atoms with E-state index < -0.39 is 24.0 Å². The van der Waals surface area contributed by atoms with Gasteiger partial charge in [0.15, 0.2) is 18.7 Å². The van der Waals surface area contributed by atoms with Gasteiger partial charge in [0, 0.05) is 32.4 Å². The highest BCUT2D eigenvalue weighted by atomic mass is 19.3. The number of anilines is 1. The Balaban J connectivity index is 1.51. The third kappa shape index (κ3) is 4.97. The number of hydrazine groups is 1. The van der Waals surface area contributed by atoms with Crippen LogP contribution in [0.25, 0.3) is 5.65 Å². The summed E-state index contributed by atoms with van der Waals surface area (Å²) < 4.78 is 34.7. The summed E-state index contributed by atoms with van der Waals surface area (Å²) in [5.41, 5.74) is 2.29. The molecule has 4 rings (SSSR count). The lowest BCUT2D eigenvalue weighted by Crippen LogP contribution is -2.50. The molecule has 1 fully saturated rings. The van der Waals surface area contributed by atoms with E-state index in [1.165, 1.54) is 21.6 Å². The summed E-state index contributed by atoms with van der Waals surface area (Å²) in [6.07, 6.45) is 1.26. The van der Waals surface area contributed by atoms with Crippen molar-refractivity contribution in [2.75, 3.05) is 38.1 Å². The summed E-state index contributed by atoms with van der Waals surface area (Å²) in [5, 5.41) is 4.13. The van der Waals surface area contributed by atoms with Crippen molar-refractivity contribution in [1.82, 2.24) is 24.9 Å². The molecule has 0 saturated carbocycles. The molecule has 2 aliphatic rings. The number of hydrogen-bond donors (Lipinski definition) is 1. The minimum Gasteiger partial charge on any atom is -0.444 e. The van der Waals surface area contributed by atoms with E-state index in [0.717, 1.165) is 0 Å². The predicted octanol–water partition coefficient (Wildman–Crippen LogP) is 1.23. The van der Waals surface area contributed by atoms with Gasteiger partial charge in [0.05, 0.1) is 6.20 Å². The third-order valence-corrected chi connectivity index (χ3v) is 5.31. The summed E-state index contributed by atoms with van der Waals surface area (Å²) in [4.78, 5) is 37.2. The average Bonchev–Trinajstić information content (AvgIpc) is 3.35. The Bertz CT molecular complexity index is 1160. The number of amides is 2. The van der Waals surface area contributed by atoms with Crippen LogP contribution in [0.5, 0.6) is 0 Å².